The van der Waals surface area contributed by atoms with E-state index in [4.69, 9.17) is 0 Å². The Morgan fingerprint density at radius 1 is 1.20 bits per heavy atom. The zero-order chi connectivity index (χ0) is 13.9. The number of nitrogens with zero attached hydrogens (tertiary/aromatic N) is 3. The predicted molar refractivity (Wildman–Crippen MR) is 83.3 cm³/mol. The largest absolute Gasteiger partial charge is 0.373 e. The van der Waals surface area contributed by atoms with Crippen LogP contribution >= 0.6 is 0 Å². The average molecular weight is 274 g/mol. The van der Waals surface area contributed by atoms with Crippen molar-refractivity contribution in [3.05, 3.63) is 11.9 Å². The van der Waals surface area contributed by atoms with Gasteiger partial charge >= 0.3 is 0 Å². The van der Waals surface area contributed by atoms with Crippen molar-refractivity contribution in [3.8, 4) is 0 Å². The first-order chi connectivity index (χ1) is 9.85. The molecule has 1 saturated carbocycles. The van der Waals surface area contributed by atoms with Crippen LogP contribution in [-0.4, -0.2) is 29.6 Å². The van der Waals surface area contributed by atoms with Gasteiger partial charge in [-0.3, -0.25) is 0 Å². The van der Waals surface area contributed by atoms with Gasteiger partial charge in [-0.1, -0.05) is 19.8 Å². The number of rotatable bonds is 3. The number of piperidine rings is 1. The van der Waals surface area contributed by atoms with Crippen molar-refractivity contribution in [2.45, 2.75) is 57.9 Å². The molecule has 0 aromatic carbocycles. The topological polar surface area (TPSA) is 41.1 Å². The number of nitrogens with one attached hydrogen (secondary N) is 1. The van der Waals surface area contributed by atoms with Crippen LogP contribution < -0.4 is 10.2 Å². The van der Waals surface area contributed by atoms with E-state index >= 15 is 0 Å². The zero-order valence-corrected chi connectivity index (χ0v) is 12.7. The first-order valence-corrected chi connectivity index (χ1v) is 8.13. The molecule has 1 aromatic heterocycles. The predicted octanol–water partition coefficient (Wildman–Crippen LogP) is 3.24. The molecule has 3 rings (SSSR count). The van der Waals surface area contributed by atoms with Gasteiger partial charge < -0.3 is 10.2 Å². The lowest BCUT2D eigenvalue weighted by Crippen LogP contribution is -2.47. The molecule has 110 valence electrons. The second-order valence-electron chi connectivity index (χ2n) is 6.08. The van der Waals surface area contributed by atoms with Crippen molar-refractivity contribution < 1.29 is 0 Å². The molecule has 2 atom stereocenters. The highest BCUT2D eigenvalue weighted by molar-refractivity contribution is 5.59. The van der Waals surface area contributed by atoms with E-state index in [9.17, 15) is 0 Å². The number of anilines is 2. The van der Waals surface area contributed by atoms with Crippen LogP contribution in [0, 0.1) is 5.92 Å². The first-order valence-electron chi connectivity index (χ1n) is 8.13. The second kappa shape index (κ2) is 5.98. The van der Waals surface area contributed by atoms with Crippen LogP contribution in [0.1, 0.15) is 51.0 Å². The van der Waals surface area contributed by atoms with Gasteiger partial charge in [0.15, 0.2) is 0 Å². The fourth-order valence-corrected chi connectivity index (χ4v) is 4.08. The lowest BCUT2D eigenvalue weighted by molar-refractivity contribution is 0.242. The number of hydrogen-bond acceptors (Lipinski definition) is 4. The van der Waals surface area contributed by atoms with Crippen LogP contribution in [-0.2, 0) is 6.42 Å². The van der Waals surface area contributed by atoms with Crippen LogP contribution in [0.25, 0.3) is 0 Å². The lowest BCUT2D eigenvalue weighted by Gasteiger charge is -2.45. The Bertz CT molecular complexity index is 458. The Labute approximate surface area is 122 Å². The Hall–Kier alpha value is -1.32. The molecule has 1 aliphatic heterocycles. The van der Waals surface area contributed by atoms with E-state index in [0.29, 0.717) is 6.04 Å². The third-order valence-corrected chi connectivity index (χ3v) is 5.03. The van der Waals surface area contributed by atoms with E-state index in [-0.39, 0.29) is 0 Å². The highest BCUT2D eigenvalue weighted by atomic mass is 15.2. The fraction of sp³-hybridized carbons (Fsp3) is 0.750. The Balaban J connectivity index is 1.94. The molecule has 1 aromatic rings. The summed E-state index contributed by atoms with van der Waals surface area (Å²) in [5, 5.41) is 3.22. The summed E-state index contributed by atoms with van der Waals surface area (Å²) in [5.41, 5.74) is 1.28. The zero-order valence-electron chi connectivity index (χ0n) is 12.7. The highest BCUT2D eigenvalue weighted by Crippen LogP contribution is 2.38. The molecule has 1 N–H and O–H groups in total. The summed E-state index contributed by atoms with van der Waals surface area (Å²) in [5.74, 6) is 3.06. The summed E-state index contributed by atoms with van der Waals surface area (Å²) in [6, 6.07) is 0.711. The minimum atomic E-state index is 0.711. The summed E-state index contributed by atoms with van der Waals surface area (Å²) in [7, 11) is 1.95. The molecule has 4 nitrogen and oxygen atoms in total. The molecule has 1 aliphatic carbocycles. The van der Waals surface area contributed by atoms with Crippen LogP contribution in [0.4, 0.5) is 11.6 Å². The summed E-state index contributed by atoms with van der Waals surface area (Å²) < 4.78 is 0. The fourth-order valence-electron chi connectivity index (χ4n) is 4.08. The molecular weight excluding hydrogens is 248 g/mol. The average Bonchev–Trinajstić information content (AvgIpc) is 2.53. The van der Waals surface area contributed by atoms with Crippen molar-refractivity contribution in [1.82, 2.24) is 9.97 Å². The molecule has 1 saturated heterocycles. The Morgan fingerprint density at radius 2 is 2.00 bits per heavy atom. The molecule has 0 amide bonds. The second-order valence-corrected chi connectivity index (χ2v) is 6.08. The first kappa shape index (κ1) is 13.7. The number of fused-ring (bicyclic) bond motifs is 1. The van der Waals surface area contributed by atoms with E-state index in [1.54, 1.807) is 6.33 Å². The van der Waals surface area contributed by atoms with Crippen molar-refractivity contribution in [2.24, 2.45) is 5.92 Å². The van der Waals surface area contributed by atoms with Gasteiger partial charge in [0.05, 0.1) is 0 Å². The van der Waals surface area contributed by atoms with Gasteiger partial charge in [0.1, 0.15) is 18.0 Å². The summed E-state index contributed by atoms with van der Waals surface area (Å²) in [6.07, 6.45) is 11.0. The van der Waals surface area contributed by atoms with Gasteiger partial charge in [-0.15, -0.1) is 0 Å². The van der Waals surface area contributed by atoms with Gasteiger partial charge in [0.25, 0.3) is 0 Å². The molecule has 2 unspecified atom stereocenters. The summed E-state index contributed by atoms with van der Waals surface area (Å²) in [6.45, 7) is 3.36. The molecule has 2 fully saturated rings. The summed E-state index contributed by atoms with van der Waals surface area (Å²) >= 11 is 0. The summed E-state index contributed by atoms with van der Waals surface area (Å²) in [4.78, 5) is 11.6. The van der Waals surface area contributed by atoms with Gasteiger partial charge in [-0.2, -0.15) is 0 Å². The monoisotopic (exact) mass is 274 g/mol. The third-order valence-electron chi connectivity index (χ3n) is 5.03. The SMILES string of the molecule is CCc1c(NC)ncnc1N1CCCC2CCCCC21. The van der Waals surface area contributed by atoms with Crippen LogP contribution in [0.5, 0.6) is 0 Å². The van der Waals surface area contributed by atoms with Crippen LogP contribution in [0.3, 0.4) is 0 Å². The maximum Gasteiger partial charge on any atom is 0.137 e. The lowest BCUT2D eigenvalue weighted by atomic mass is 9.78. The van der Waals surface area contributed by atoms with E-state index in [2.05, 4.69) is 27.1 Å². The molecule has 0 radical (unpaired) electrons. The quantitative estimate of drug-likeness (QED) is 0.918. The number of aromatic nitrogens is 2. The van der Waals surface area contributed by atoms with E-state index in [1.165, 1.54) is 49.9 Å². The maximum atomic E-state index is 4.65. The standard InChI is InChI=1S/C16H26N4/c1-3-13-15(17-2)18-11-19-16(13)20-10-6-8-12-7-4-5-9-14(12)20/h11-12,14H,3-10H2,1-2H3,(H,17,18,19). The molecule has 2 heterocycles. The molecule has 0 bridgehead atoms. The van der Waals surface area contributed by atoms with Gasteiger partial charge in [-0.05, 0) is 38.0 Å². The van der Waals surface area contributed by atoms with Crippen LogP contribution in [0.2, 0.25) is 0 Å². The van der Waals surface area contributed by atoms with Crippen LogP contribution in [0.15, 0.2) is 6.33 Å². The smallest absolute Gasteiger partial charge is 0.137 e. The minimum Gasteiger partial charge on any atom is -0.373 e. The maximum absolute atomic E-state index is 4.65. The van der Waals surface area contributed by atoms with Crippen molar-refractivity contribution in [3.63, 3.8) is 0 Å². The third kappa shape index (κ3) is 2.36. The molecule has 20 heavy (non-hydrogen) atoms. The van der Waals surface area contributed by atoms with Crippen molar-refractivity contribution in [2.75, 3.05) is 23.8 Å². The van der Waals surface area contributed by atoms with E-state index in [0.717, 1.165) is 24.7 Å². The Kier molecular flexibility index (Phi) is 4.08. The molecule has 2 aliphatic rings. The molecular formula is C16H26N4. The molecule has 4 heteroatoms. The van der Waals surface area contributed by atoms with Gasteiger partial charge in [0.2, 0.25) is 0 Å². The van der Waals surface area contributed by atoms with Gasteiger partial charge in [-0.25, -0.2) is 9.97 Å². The van der Waals surface area contributed by atoms with Crippen molar-refractivity contribution in [1.29, 1.82) is 0 Å². The normalized spacial score (nSPS) is 26.2. The minimum absolute atomic E-state index is 0.711. The van der Waals surface area contributed by atoms with Crippen molar-refractivity contribution >= 4 is 11.6 Å². The highest BCUT2D eigenvalue weighted by Gasteiger charge is 2.34. The Morgan fingerprint density at radius 3 is 2.80 bits per heavy atom. The number of hydrogen-bond donors (Lipinski definition) is 1. The van der Waals surface area contributed by atoms with E-state index in [1.807, 2.05) is 7.05 Å². The van der Waals surface area contributed by atoms with E-state index < -0.39 is 0 Å². The van der Waals surface area contributed by atoms with Gasteiger partial charge in [0, 0.05) is 25.2 Å². The molecule has 0 spiro atoms.